The van der Waals surface area contributed by atoms with Crippen LogP contribution >= 0.6 is 23.4 Å². The lowest BCUT2D eigenvalue weighted by molar-refractivity contribution is -0.115. The number of amidine groups is 1. The molecule has 0 atom stereocenters. The largest absolute Gasteiger partial charge is 0.488 e. The van der Waals surface area contributed by atoms with Gasteiger partial charge in [-0.15, -0.1) is 0 Å². The molecule has 1 fully saturated rings. The van der Waals surface area contributed by atoms with Crippen molar-refractivity contribution in [2.24, 2.45) is 4.99 Å². The third-order valence-corrected chi connectivity index (χ3v) is 5.53. The molecule has 1 heterocycles. The first-order chi connectivity index (χ1) is 14.6. The number of carbonyl (C=O) groups excluding carboxylic acids is 1. The van der Waals surface area contributed by atoms with E-state index in [0.29, 0.717) is 33.1 Å². The van der Waals surface area contributed by atoms with Gasteiger partial charge in [-0.05, 0) is 54.2 Å². The maximum Gasteiger partial charge on any atom is 0.264 e. The zero-order chi connectivity index (χ0) is 20.9. The van der Waals surface area contributed by atoms with Gasteiger partial charge < -0.3 is 10.1 Å². The van der Waals surface area contributed by atoms with E-state index in [-0.39, 0.29) is 11.7 Å². The zero-order valence-corrected chi connectivity index (χ0v) is 17.2. The van der Waals surface area contributed by atoms with Gasteiger partial charge in [-0.25, -0.2) is 9.38 Å². The van der Waals surface area contributed by atoms with E-state index in [9.17, 15) is 9.18 Å². The molecule has 0 aromatic heterocycles. The van der Waals surface area contributed by atoms with Gasteiger partial charge >= 0.3 is 0 Å². The fourth-order valence-electron chi connectivity index (χ4n) is 2.76. The summed E-state index contributed by atoms with van der Waals surface area (Å²) in [5.74, 6) is 0.0556. The summed E-state index contributed by atoms with van der Waals surface area (Å²) in [5.41, 5.74) is 2.21. The smallest absolute Gasteiger partial charge is 0.264 e. The molecule has 4 nitrogen and oxygen atoms in total. The monoisotopic (exact) mass is 438 g/mol. The Kier molecular flexibility index (Phi) is 6.16. The SMILES string of the molecule is O=C1NC(=Nc2ccc(F)cc2)S/C1=C/c1ccccc1OCc1ccccc1Cl. The Labute approximate surface area is 182 Å². The van der Waals surface area contributed by atoms with Crippen LogP contribution in [0.1, 0.15) is 11.1 Å². The fraction of sp³-hybridized carbons (Fsp3) is 0.0435. The Morgan fingerprint density at radius 1 is 1.03 bits per heavy atom. The van der Waals surface area contributed by atoms with E-state index in [0.717, 1.165) is 11.1 Å². The van der Waals surface area contributed by atoms with Crippen LogP contribution in [0.3, 0.4) is 0 Å². The highest BCUT2D eigenvalue weighted by Crippen LogP contribution is 2.31. The molecule has 0 spiro atoms. The maximum atomic E-state index is 13.0. The van der Waals surface area contributed by atoms with Crippen LogP contribution in [0.4, 0.5) is 10.1 Å². The van der Waals surface area contributed by atoms with Crippen LogP contribution < -0.4 is 10.1 Å². The minimum Gasteiger partial charge on any atom is -0.488 e. The summed E-state index contributed by atoms with van der Waals surface area (Å²) in [7, 11) is 0. The van der Waals surface area contributed by atoms with E-state index in [4.69, 9.17) is 16.3 Å². The second-order valence-electron chi connectivity index (χ2n) is 6.38. The molecule has 1 amide bonds. The molecule has 1 aliphatic heterocycles. The number of ether oxygens (including phenoxy) is 1. The number of aliphatic imine (C=N–C) groups is 1. The number of thioether (sulfide) groups is 1. The molecule has 3 aromatic carbocycles. The van der Waals surface area contributed by atoms with Crippen molar-refractivity contribution in [1.29, 1.82) is 0 Å². The Morgan fingerprint density at radius 3 is 2.57 bits per heavy atom. The predicted octanol–water partition coefficient (Wildman–Crippen LogP) is 5.95. The zero-order valence-electron chi connectivity index (χ0n) is 15.6. The van der Waals surface area contributed by atoms with E-state index < -0.39 is 0 Å². The topological polar surface area (TPSA) is 50.7 Å². The van der Waals surface area contributed by atoms with E-state index in [1.807, 2.05) is 48.5 Å². The molecule has 0 aliphatic carbocycles. The number of benzene rings is 3. The summed E-state index contributed by atoms with van der Waals surface area (Å²) < 4.78 is 19.0. The van der Waals surface area contributed by atoms with Gasteiger partial charge in [0.05, 0.1) is 10.6 Å². The highest BCUT2D eigenvalue weighted by atomic mass is 35.5. The lowest BCUT2D eigenvalue weighted by Gasteiger charge is -2.10. The summed E-state index contributed by atoms with van der Waals surface area (Å²) in [6.07, 6.45) is 1.76. The summed E-state index contributed by atoms with van der Waals surface area (Å²) >= 11 is 7.41. The molecule has 1 saturated heterocycles. The Morgan fingerprint density at radius 2 is 1.77 bits per heavy atom. The first-order valence-corrected chi connectivity index (χ1v) is 10.3. The van der Waals surface area contributed by atoms with Crippen molar-refractivity contribution in [3.8, 4) is 5.75 Å². The van der Waals surface area contributed by atoms with E-state index in [2.05, 4.69) is 10.3 Å². The number of para-hydroxylation sites is 1. The number of nitrogens with one attached hydrogen (secondary N) is 1. The van der Waals surface area contributed by atoms with Crippen LogP contribution in [0, 0.1) is 5.82 Å². The molecule has 1 N–H and O–H groups in total. The molecule has 1 aliphatic rings. The summed E-state index contributed by atoms with van der Waals surface area (Å²) in [6.45, 7) is 0.316. The van der Waals surface area contributed by atoms with Crippen molar-refractivity contribution in [3.63, 3.8) is 0 Å². The van der Waals surface area contributed by atoms with Crippen molar-refractivity contribution in [2.75, 3.05) is 0 Å². The number of nitrogens with zero attached hydrogens (tertiary/aromatic N) is 1. The number of carbonyl (C=O) groups is 1. The van der Waals surface area contributed by atoms with Gasteiger partial charge in [0.15, 0.2) is 5.17 Å². The number of hydrogen-bond donors (Lipinski definition) is 1. The van der Waals surface area contributed by atoms with Crippen LogP contribution in [0.5, 0.6) is 5.75 Å². The van der Waals surface area contributed by atoms with E-state index >= 15 is 0 Å². The van der Waals surface area contributed by atoms with Gasteiger partial charge in [0, 0.05) is 16.1 Å². The summed E-state index contributed by atoms with van der Waals surface area (Å²) in [6, 6.07) is 20.7. The van der Waals surface area contributed by atoms with Crippen LogP contribution in [0.2, 0.25) is 5.02 Å². The minimum atomic E-state index is -0.337. The standard InChI is InChI=1S/C23H16ClFN2O2S/c24-19-7-3-1-6-16(19)14-29-20-8-4-2-5-15(20)13-21-22(28)27-23(30-21)26-18-11-9-17(25)10-12-18/h1-13H,14H2,(H,26,27,28)/b21-13+. The van der Waals surface area contributed by atoms with Crippen molar-refractivity contribution >= 4 is 46.2 Å². The maximum absolute atomic E-state index is 13.0. The van der Waals surface area contributed by atoms with Crippen LogP contribution in [-0.4, -0.2) is 11.1 Å². The number of hydrogen-bond acceptors (Lipinski definition) is 4. The van der Waals surface area contributed by atoms with Crippen LogP contribution in [-0.2, 0) is 11.4 Å². The second-order valence-corrected chi connectivity index (χ2v) is 7.81. The average molecular weight is 439 g/mol. The minimum absolute atomic E-state index is 0.248. The highest BCUT2D eigenvalue weighted by Gasteiger charge is 2.24. The summed E-state index contributed by atoms with van der Waals surface area (Å²) in [4.78, 5) is 17.2. The van der Waals surface area contributed by atoms with Gasteiger partial charge in [-0.3, -0.25) is 4.79 Å². The van der Waals surface area contributed by atoms with E-state index in [1.165, 1.54) is 23.9 Å². The lowest BCUT2D eigenvalue weighted by Crippen LogP contribution is -2.19. The first-order valence-electron chi connectivity index (χ1n) is 9.09. The molecular weight excluding hydrogens is 423 g/mol. The molecular formula is C23H16ClFN2O2S. The highest BCUT2D eigenvalue weighted by molar-refractivity contribution is 8.18. The Bertz CT molecular complexity index is 1150. The Hall–Kier alpha value is -3.09. The van der Waals surface area contributed by atoms with Crippen LogP contribution in [0.25, 0.3) is 6.08 Å². The van der Waals surface area contributed by atoms with Gasteiger partial charge in [0.25, 0.3) is 5.91 Å². The second kappa shape index (κ2) is 9.15. The molecule has 0 saturated carbocycles. The normalized spacial score (nSPS) is 16.1. The molecule has 0 unspecified atom stereocenters. The van der Waals surface area contributed by atoms with Gasteiger partial charge in [0.2, 0.25) is 0 Å². The number of rotatable bonds is 5. The average Bonchev–Trinajstić information content (AvgIpc) is 3.09. The molecule has 0 radical (unpaired) electrons. The molecule has 30 heavy (non-hydrogen) atoms. The van der Waals surface area contributed by atoms with Crippen molar-refractivity contribution in [1.82, 2.24) is 5.32 Å². The van der Waals surface area contributed by atoms with E-state index in [1.54, 1.807) is 18.2 Å². The predicted molar refractivity (Wildman–Crippen MR) is 119 cm³/mol. The molecule has 7 heteroatoms. The molecule has 150 valence electrons. The van der Waals surface area contributed by atoms with Crippen molar-refractivity contribution in [2.45, 2.75) is 6.61 Å². The fourth-order valence-corrected chi connectivity index (χ4v) is 3.78. The van der Waals surface area contributed by atoms with Crippen LogP contribution in [0.15, 0.2) is 82.7 Å². The number of halogens is 2. The van der Waals surface area contributed by atoms with Gasteiger partial charge in [-0.2, -0.15) is 0 Å². The molecule has 0 bridgehead atoms. The molecule has 4 rings (SSSR count). The van der Waals surface area contributed by atoms with Gasteiger partial charge in [0.1, 0.15) is 18.2 Å². The third kappa shape index (κ3) is 4.90. The van der Waals surface area contributed by atoms with Crippen molar-refractivity contribution < 1.29 is 13.9 Å². The lowest BCUT2D eigenvalue weighted by atomic mass is 10.2. The van der Waals surface area contributed by atoms with Gasteiger partial charge in [-0.1, -0.05) is 48.0 Å². The third-order valence-electron chi connectivity index (χ3n) is 4.25. The summed E-state index contributed by atoms with van der Waals surface area (Å²) in [5, 5.41) is 3.80. The number of amides is 1. The van der Waals surface area contributed by atoms with Crippen molar-refractivity contribution in [3.05, 3.63) is 99.7 Å². The first kappa shape index (κ1) is 20.2. The Balaban J connectivity index is 1.52. The quantitative estimate of drug-likeness (QED) is 0.501. The molecule has 3 aromatic rings.